The van der Waals surface area contributed by atoms with Crippen LogP contribution in [0.2, 0.25) is 25.7 Å². The lowest BCUT2D eigenvalue weighted by Crippen LogP contribution is -2.46. The van der Waals surface area contributed by atoms with Crippen LogP contribution in [0.5, 0.6) is 0 Å². The summed E-state index contributed by atoms with van der Waals surface area (Å²) in [6, 6.07) is 0.945. The number of anilines is 2. The number of hydrogen-bond acceptors (Lipinski definition) is 10. The highest BCUT2D eigenvalue weighted by Gasteiger charge is 2.43. The highest BCUT2D eigenvalue weighted by atomic mass is 28.3. The molecule has 0 saturated carbocycles. The van der Waals surface area contributed by atoms with Crippen LogP contribution in [-0.2, 0) is 20.6 Å². The number of amides is 2. The van der Waals surface area contributed by atoms with E-state index >= 15 is 0 Å². The van der Waals surface area contributed by atoms with Crippen molar-refractivity contribution in [2.45, 2.75) is 90.8 Å². The predicted molar refractivity (Wildman–Crippen MR) is 136 cm³/mol. The average Bonchev–Trinajstić information content (AvgIpc) is 3.01. The van der Waals surface area contributed by atoms with Crippen LogP contribution < -0.4 is 9.80 Å². The fourth-order valence-electron chi connectivity index (χ4n) is 3.32. The van der Waals surface area contributed by atoms with Gasteiger partial charge in [0.2, 0.25) is 0 Å². The van der Waals surface area contributed by atoms with Crippen molar-refractivity contribution in [2.75, 3.05) is 23.1 Å². The van der Waals surface area contributed by atoms with Crippen molar-refractivity contribution in [1.29, 1.82) is 0 Å². The maximum Gasteiger partial charge on any atom is 0.476 e. The summed E-state index contributed by atoms with van der Waals surface area (Å²) in [5.74, 6) is -0.488. The third-order valence-electron chi connectivity index (χ3n) is 4.92. The molecule has 1 aromatic heterocycles. The van der Waals surface area contributed by atoms with Gasteiger partial charge in [-0.1, -0.05) is 19.6 Å². The Hall–Kier alpha value is -2.22. The van der Waals surface area contributed by atoms with E-state index < -0.39 is 44.5 Å². The fraction of sp³-hybridized carbons (Fsp3) is 0.727. The molecule has 35 heavy (non-hydrogen) atoms. The molecule has 0 radical (unpaired) electrons. The van der Waals surface area contributed by atoms with Gasteiger partial charge in [0.1, 0.15) is 30.1 Å². The van der Waals surface area contributed by atoms with E-state index in [1.54, 1.807) is 46.4 Å². The molecule has 1 unspecified atom stereocenters. The SMILES string of the molecule is CC(C)(C)OC(=O)N(C(=O)OC(C)(C)C)c1ncnc2c1CC(B(O)O)N2COCC[Si](C)(C)C. The number of ether oxygens (including phenoxy) is 3. The lowest BCUT2D eigenvalue weighted by molar-refractivity contribution is 0.0428. The zero-order valence-electron chi connectivity index (χ0n) is 22.3. The summed E-state index contributed by atoms with van der Waals surface area (Å²) in [6.45, 7) is 17.4. The van der Waals surface area contributed by atoms with Crippen molar-refractivity contribution in [3.63, 3.8) is 0 Å². The molecule has 2 rings (SSSR count). The third-order valence-corrected chi connectivity index (χ3v) is 6.62. The molecule has 0 saturated heterocycles. The first-order valence-corrected chi connectivity index (χ1v) is 15.4. The largest absolute Gasteiger partial charge is 0.476 e. The van der Waals surface area contributed by atoms with Crippen molar-refractivity contribution < 1.29 is 33.8 Å². The van der Waals surface area contributed by atoms with Crippen LogP contribution in [0.25, 0.3) is 0 Å². The minimum Gasteiger partial charge on any atom is -0.443 e. The molecule has 13 heteroatoms. The number of nitrogens with zero attached hydrogens (tertiary/aromatic N) is 4. The quantitative estimate of drug-likeness (QED) is 0.416. The first kappa shape index (κ1) is 29.0. The minimum absolute atomic E-state index is 0.0336. The van der Waals surface area contributed by atoms with Gasteiger partial charge in [0, 0.05) is 20.2 Å². The predicted octanol–water partition coefficient (Wildman–Crippen LogP) is 3.21. The van der Waals surface area contributed by atoms with Crippen LogP contribution in [0.15, 0.2) is 6.33 Å². The highest BCUT2D eigenvalue weighted by molar-refractivity contribution is 6.76. The number of carbonyl (C=O) groups excluding carboxylic acids is 2. The fourth-order valence-corrected chi connectivity index (χ4v) is 4.08. The maximum absolute atomic E-state index is 13.1. The second-order valence-corrected chi connectivity index (χ2v) is 17.4. The van der Waals surface area contributed by atoms with Gasteiger partial charge in [0.05, 0.1) is 5.94 Å². The molecule has 2 amide bonds. The van der Waals surface area contributed by atoms with Crippen molar-refractivity contribution in [3.05, 3.63) is 11.9 Å². The van der Waals surface area contributed by atoms with Gasteiger partial charge in [-0.25, -0.2) is 19.6 Å². The van der Waals surface area contributed by atoms with Gasteiger partial charge in [-0.3, -0.25) is 0 Å². The number of carbonyl (C=O) groups is 2. The van der Waals surface area contributed by atoms with E-state index in [0.29, 0.717) is 18.0 Å². The van der Waals surface area contributed by atoms with Gasteiger partial charge in [0.25, 0.3) is 0 Å². The summed E-state index contributed by atoms with van der Waals surface area (Å²) in [5, 5.41) is 20.1. The third kappa shape index (κ3) is 8.44. The van der Waals surface area contributed by atoms with E-state index in [1.165, 1.54) is 6.33 Å². The van der Waals surface area contributed by atoms with Crippen molar-refractivity contribution in [2.24, 2.45) is 0 Å². The summed E-state index contributed by atoms with van der Waals surface area (Å²) >= 11 is 0. The Balaban J connectivity index is 2.44. The Bertz CT molecular complexity index is 885. The Morgan fingerprint density at radius 3 is 2.09 bits per heavy atom. The van der Waals surface area contributed by atoms with Gasteiger partial charge in [-0.2, -0.15) is 4.90 Å². The first-order chi connectivity index (χ1) is 15.9. The molecule has 0 spiro atoms. The van der Waals surface area contributed by atoms with Gasteiger partial charge < -0.3 is 29.2 Å². The lowest BCUT2D eigenvalue weighted by atomic mass is 9.77. The molecular formula is C22H39BN4O7Si. The van der Waals surface area contributed by atoms with Gasteiger partial charge in [-0.05, 0) is 54.0 Å². The first-order valence-electron chi connectivity index (χ1n) is 11.7. The van der Waals surface area contributed by atoms with Crippen LogP contribution in [0.4, 0.5) is 21.2 Å². The normalized spacial score (nSPS) is 16.1. The van der Waals surface area contributed by atoms with E-state index in [4.69, 9.17) is 14.2 Å². The van der Waals surface area contributed by atoms with E-state index in [2.05, 4.69) is 29.6 Å². The molecule has 196 valence electrons. The Labute approximate surface area is 208 Å². The Morgan fingerprint density at radius 2 is 1.63 bits per heavy atom. The molecule has 1 aliphatic heterocycles. The highest BCUT2D eigenvalue weighted by Crippen LogP contribution is 2.37. The van der Waals surface area contributed by atoms with Crippen molar-refractivity contribution in [1.82, 2.24) is 9.97 Å². The van der Waals surface area contributed by atoms with E-state index in [1.807, 2.05) is 0 Å². The van der Waals surface area contributed by atoms with Crippen LogP contribution in [0.1, 0.15) is 47.1 Å². The van der Waals surface area contributed by atoms with Crippen molar-refractivity contribution >= 4 is 39.0 Å². The number of fused-ring (bicyclic) bond motifs is 1. The maximum atomic E-state index is 13.1. The number of hydrogen-bond donors (Lipinski definition) is 2. The molecule has 1 aromatic rings. The molecule has 0 bridgehead atoms. The smallest absolute Gasteiger partial charge is 0.443 e. The van der Waals surface area contributed by atoms with E-state index in [9.17, 15) is 19.6 Å². The monoisotopic (exact) mass is 510 g/mol. The summed E-state index contributed by atoms with van der Waals surface area (Å²) in [5.41, 5.74) is -1.38. The molecular weight excluding hydrogens is 471 g/mol. The Morgan fingerprint density at radius 1 is 1.09 bits per heavy atom. The van der Waals surface area contributed by atoms with E-state index in [-0.39, 0.29) is 19.0 Å². The van der Waals surface area contributed by atoms with Crippen LogP contribution >= 0.6 is 0 Å². The zero-order chi connectivity index (χ0) is 26.8. The molecule has 0 fully saturated rings. The number of rotatable bonds is 7. The minimum atomic E-state index is -1.71. The van der Waals surface area contributed by atoms with Crippen LogP contribution in [0.3, 0.4) is 0 Å². The molecule has 2 N–H and O–H groups in total. The molecule has 1 aliphatic rings. The van der Waals surface area contributed by atoms with Gasteiger partial charge in [-0.15, -0.1) is 0 Å². The second-order valence-electron chi connectivity index (χ2n) is 11.8. The summed E-state index contributed by atoms with van der Waals surface area (Å²) in [7, 11) is -3.02. The second kappa shape index (κ2) is 10.8. The number of imide groups is 1. The summed E-state index contributed by atoms with van der Waals surface area (Å²) < 4.78 is 16.7. The van der Waals surface area contributed by atoms with Crippen LogP contribution in [-0.4, -0.2) is 77.9 Å². The van der Waals surface area contributed by atoms with Gasteiger partial charge >= 0.3 is 19.3 Å². The molecule has 11 nitrogen and oxygen atoms in total. The molecule has 2 heterocycles. The topological polar surface area (TPSA) is 135 Å². The molecule has 1 atom stereocenters. The summed E-state index contributed by atoms with van der Waals surface area (Å²) in [4.78, 5) is 37.0. The van der Waals surface area contributed by atoms with Gasteiger partial charge in [0.15, 0.2) is 5.82 Å². The molecule has 0 aromatic carbocycles. The lowest BCUT2D eigenvalue weighted by Gasteiger charge is -2.29. The average molecular weight is 510 g/mol. The van der Waals surface area contributed by atoms with Crippen LogP contribution in [0, 0.1) is 0 Å². The Kier molecular flexibility index (Phi) is 8.96. The zero-order valence-corrected chi connectivity index (χ0v) is 23.3. The summed E-state index contributed by atoms with van der Waals surface area (Å²) in [6.07, 6.45) is -0.642. The van der Waals surface area contributed by atoms with Crippen molar-refractivity contribution in [3.8, 4) is 0 Å². The standard InChI is InChI=1S/C22H39BN4O7Si/c1-21(2,3)33-19(28)27(20(29)34-22(4,5)6)18-15-12-16(23(30)31)26(17(15)24-13-25-18)14-32-10-11-35(7,8)9/h13,16,30-31H,10-12,14H2,1-9H3. The number of aromatic nitrogens is 2. The van der Waals surface area contributed by atoms with E-state index in [0.717, 1.165) is 10.9 Å². The molecule has 0 aliphatic carbocycles.